The minimum Gasteiger partial charge on any atom is -0.380 e. The van der Waals surface area contributed by atoms with Crippen LogP contribution in [0.5, 0.6) is 0 Å². The summed E-state index contributed by atoms with van der Waals surface area (Å²) < 4.78 is 26.0. The van der Waals surface area contributed by atoms with E-state index in [4.69, 9.17) is 15.0 Å². The Hall–Kier alpha value is -4.49. The lowest BCUT2D eigenvalue weighted by Gasteiger charge is -2.18. The molecule has 1 amide bonds. The van der Waals surface area contributed by atoms with E-state index in [0.717, 1.165) is 38.8 Å². The van der Waals surface area contributed by atoms with Gasteiger partial charge >= 0.3 is 0 Å². The topological polar surface area (TPSA) is 90.4 Å². The number of amides is 1. The van der Waals surface area contributed by atoms with Gasteiger partial charge in [0.15, 0.2) is 11.4 Å². The van der Waals surface area contributed by atoms with E-state index in [1.807, 2.05) is 60.7 Å². The molecule has 0 saturated heterocycles. The van der Waals surface area contributed by atoms with Crippen LogP contribution < -0.4 is 11.1 Å². The van der Waals surface area contributed by atoms with E-state index >= 15 is 0 Å². The second kappa shape index (κ2) is 7.76. The largest absolute Gasteiger partial charge is 0.380 e. The molecule has 176 valence electrons. The number of aromatic nitrogens is 1. The first kappa shape index (κ1) is 20.8. The van der Waals surface area contributed by atoms with Crippen molar-refractivity contribution in [3.8, 4) is 11.1 Å². The molecule has 2 bridgehead atoms. The third-order valence-electron chi connectivity index (χ3n) is 7.07. The first-order valence-electron chi connectivity index (χ1n) is 11.7. The summed E-state index contributed by atoms with van der Waals surface area (Å²) >= 11 is 0. The average molecular weight is 477 g/mol. The van der Waals surface area contributed by atoms with Crippen LogP contribution in [0.3, 0.4) is 0 Å². The van der Waals surface area contributed by atoms with Crippen molar-refractivity contribution in [1.82, 2.24) is 10.5 Å². The van der Waals surface area contributed by atoms with Gasteiger partial charge in [0.25, 0.3) is 5.91 Å². The molecule has 36 heavy (non-hydrogen) atoms. The predicted molar refractivity (Wildman–Crippen MR) is 133 cm³/mol. The lowest BCUT2D eigenvalue weighted by molar-refractivity contribution is 0.0857. The van der Waals surface area contributed by atoms with Crippen LogP contribution in [-0.2, 0) is 11.3 Å². The van der Waals surface area contributed by atoms with Gasteiger partial charge in [-0.05, 0) is 58.1 Å². The third kappa shape index (κ3) is 3.06. The van der Waals surface area contributed by atoms with Gasteiger partial charge in [0.05, 0.1) is 5.39 Å². The maximum absolute atomic E-state index is 14.4. The molecule has 0 aliphatic carbocycles. The van der Waals surface area contributed by atoms with Gasteiger partial charge in [-0.1, -0.05) is 53.7 Å². The third-order valence-corrected chi connectivity index (χ3v) is 7.07. The van der Waals surface area contributed by atoms with E-state index in [2.05, 4.69) is 10.5 Å². The number of rotatable bonds is 4. The molecule has 6 nitrogen and oxygen atoms in total. The van der Waals surface area contributed by atoms with Gasteiger partial charge in [-0.3, -0.25) is 4.79 Å². The van der Waals surface area contributed by atoms with Crippen molar-refractivity contribution in [2.75, 3.05) is 5.73 Å². The Morgan fingerprint density at radius 1 is 0.917 bits per heavy atom. The molecular formula is C29H20FN3O3. The van der Waals surface area contributed by atoms with Crippen LogP contribution in [0.2, 0.25) is 0 Å². The average Bonchev–Trinajstić information content (AvgIpc) is 3.59. The van der Waals surface area contributed by atoms with Gasteiger partial charge in [-0.25, -0.2) is 4.39 Å². The summed E-state index contributed by atoms with van der Waals surface area (Å²) in [6.07, 6.45) is -0.466. The fraction of sp³-hybridized carbons (Fsp3) is 0.103. The van der Waals surface area contributed by atoms with E-state index < -0.39 is 0 Å². The van der Waals surface area contributed by atoms with Crippen LogP contribution in [0.15, 0.2) is 83.4 Å². The number of hydrogen-bond acceptors (Lipinski definition) is 5. The van der Waals surface area contributed by atoms with Gasteiger partial charge in [0.2, 0.25) is 0 Å². The Morgan fingerprint density at radius 3 is 2.56 bits per heavy atom. The monoisotopic (exact) mass is 477 g/mol. The fourth-order valence-electron chi connectivity index (χ4n) is 5.30. The highest BCUT2D eigenvalue weighted by molar-refractivity contribution is 5.95. The van der Waals surface area contributed by atoms with Crippen molar-refractivity contribution in [1.29, 1.82) is 0 Å². The number of hydrogen-bond donors (Lipinski definition) is 2. The molecule has 0 fully saturated rings. The minimum absolute atomic E-state index is 0.179. The maximum Gasteiger partial charge on any atom is 0.251 e. The SMILES string of the molecule is Nc1noc2c(CNC(=O)c3ccc4c(c3)C3OC4c4ccc(-c5ccccc5F)cc43)cccc12. The fourth-order valence-corrected chi connectivity index (χ4v) is 5.30. The summed E-state index contributed by atoms with van der Waals surface area (Å²) in [6, 6.07) is 23.9. The van der Waals surface area contributed by atoms with Crippen LogP contribution >= 0.6 is 0 Å². The Bertz CT molecular complexity index is 1690. The van der Waals surface area contributed by atoms with Crippen LogP contribution in [0.1, 0.15) is 50.4 Å². The number of anilines is 1. The van der Waals surface area contributed by atoms with Crippen LogP contribution in [0, 0.1) is 5.82 Å². The van der Waals surface area contributed by atoms with Gasteiger partial charge in [0.1, 0.15) is 18.0 Å². The molecule has 3 heterocycles. The number of nitrogens with one attached hydrogen (secondary N) is 1. The van der Waals surface area contributed by atoms with Gasteiger partial charge in [-0.15, -0.1) is 0 Å². The van der Waals surface area contributed by atoms with Gasteiger partial charge in [0, 0.05) is 23.2 Å². The lowest BCUT2D eigenvalue weighted by Crippen LogP contribution is -2.23. The summed E-state index contributed by atoms with van der Waals surface area (Å²) in [5.41, 5.74) is 13.2. The molecule has 4 aromatic carbocycles. The number of nitrogen functional groups attached to an aromatic ring is 1. The van der Waals surface area contributed by atoms with Crippen LogP contribution in [0.25, 0.3) is 22.1 Å². The summed E-state index contributed by atoms with van der Waals surface area (Å²) in [4.78, 5) is 13.0. The van der Waals surface area contributed by atoms with E-state index in [-0.39, 0.29) is 30.5 Å². The molecular weight excluding hydrogens is 457 g/mol. The van der Waals surface area contributed by atoms with Crippen molar-refractivity contribution >= 4 is 22.7 Å². The highest BCUT2D eigenvalue weighted by Crippen LogP contribution is 2.54. The van der Waals surface area contributed by atoms with Crippen molar-refractivity contribution in [3.05, 3.63) is 118 Å². The number of fused-ring (bicyclic) bond motifs is 9. The van der Waals surface area contributed by atoms with Crippen molar-refractivity contribution in [2.24, 2.45) is 0 Å². The molecule has 7 heteroatoms. The molecule has 3 N–H and O–H groups in total. The van der Waals surface area contributed by atoms with Gasteiger partial charge < -0.3 is 20.3 Å². The second-order valence-corrected chi connectivity index (χ2v) is 9.11. The Kier molecular flexibility index (Phi) is 4.49. The zero-order chi connectivity index (χ0) is 24.4. The molecule has 7 rings (SSSR count). The highest BCUT2D eigenvalue weighted by Gasteiger charge is 2.43. The number of carbonyl (C=O) groups excluding carboxylic acids is 1. The predicted octanol–water partition coefficient (Wildman–Crippen LogP) is 5.67. The Balaban J connectivity index is 1.16. The number of ether oxygens (including phenoxy) is 1. The molecule has 1 aromatic heterocycles. The second-order valence-electron chi connectivity index (χ2n) is 9.11. The molecule has 2 unspecified atom stereocenters. The molecule has 2 atom stereocenters. The van der Waals surface area contributed by atoms with E-state index in [9.17, 15) is 9.18 Å². The number of carbonyl (C=O) groups is 1. The van der Waals surface area contributed by atoms with E-state index in [1.54, 1.807) is 12.1 Å². The van der Waals surface area contributed by atoms with Crippen molar-refractivity contribution in [3.63, 3.8) is 0 Å². The first-order valence-corrected chi connectivity index (χ1v) is 11.7. The standard InChI is InChI=1S/C29H20FN3O3/c30-24-7-2-1-5-18(24)15-8-10-19-22(12-15)27-23-13-16(9-11-20(23)26(19)35-27)29(34)32-14-17-4-3-6-21-25(17)36-33-28(21)31/h1-13,26-27H,14H2,(H2,31,33)(H,32,34). The molecule has 5 aromatic rings. The van der Waals surface area contributed by atoms with Crippen LogP contribution in [0.4, 0.5) is 10.2 Å². The van der Waals surface area contributed by atoms with Crippen molar-refractivity contribution < 1.29 is 18.4 Å². The maximum atomic E-state index is 14.4. The molecule has 0 spiro atoms. The Labute approximate surface area is 205 Å². The molecule has 0 radical (unpaired) electrons. The zero-order valence-electron chi connectivity index (χ0n) is 19.0. The summed E-state index contributed by atoms with van der Waals surface area (Å²) in [5, 5.41) is 7.49. The van der Waals surface area contributed by atoms with Crippen molar-refractivity contribution in [2.45, 2.75) is 18.8 Å². The summed E-state index contributed by atoms with van der Waals surface area (Å²) in [5.74, 6) is -0.139. The molecule has 0 saturated carbocycles. The number of nitrogens with zero attached hydrogens (tertiary/aromatic N) is 1. The summed E-state index contributed by atoms with van der Waals surface area (Å²) in [7, 11) is 0. The van der Waals surface area contributed by atoms with E-state index in [1.165, 1.54) is 6.07 Å². The van der Waals surface area contributed by atoms with E-state index in [0.29, 0.717) is 22.5 Å². The first-order chi connectivity index (χ1) is 17.6. The summed E-state index contributed by atoms with van der Waals surface area (Å²) in [6.45, 7) is 0.277. The molecule has 2 aliphatic heterocycles. The van der Waals surface area contributed by atoms with Gasteiger partial charge in [-0.2, -0.15) is 0 Å². The number of para-hydroxylation sites is 1. The lowest BCUT2D eigenvalue weighted by atomic mass is 9.83. The highest BCUT2D eigenvalue weighted by atomic mass is 19.1. The molecule has 2 aliphatic rings. The minimum atomic E-state index is -0.287. The number of halogens is 1. The zero-order valence-corrected chi connectivity index (χ0v) is 19.0. The number of benzene rings is 4. The smallest absolute Gasteiger partial charge is 0.251 e. The number of nitrogens with two attached hydrogens (primary N) is 1. The Morgan fingerprint density at radius 2 is 1.69 bits per heavy atom. The van der Waals surface area contributed by atoms with Crippen LogP contribution in [-0.4, -0.2) is 11.1 Å². The normalized spacial score (nSPS) is 17.2. The quantitative estimate of drug-likeness (QED) is 0.348.